The van der Waals surface area contributed by atoms with Crippen molar-refractivity contribution in [1.29, 1.82) is 0 Å². The number of alkyl halides is 3. The smallest absolute Gasteiger partial charge is 0.416 e. The van der Waals surface area contributed by atoms with Crippen molar-refractivity contribution >= 4 is 23.2 Å². The van der Waals surface area contributed by atoms with Gasteiger partial charge in [0.2, 0.25) is 0 Å². The fourth-order valence-electron chi connectivity index (χ4n) is 2.27. The van der Waals surface area contributed by atoms with Crippen LogP contribution in [0.3, 0.4) is 0 Å². The number of nitrogens with zero attached hydrogens (tertiary/aromatic N) is 1. The number of amides is 1. The topological polar surface area (TPSA) is 50.8 Å². The fraction of sp³-hybridized carbons (Fsp3) is 0.273. The number of benzene rings is 2. The number of halogens is 3. The van der Waals surface area contributed by atoms with Crippen LogP contribution in [-0.2, 0) is 11.0 Å². The molecule has 0 fully saturated rings. The molecule has 5 nitrogen and oxygen atoms in total. The Labute approximate surface area is 184 Å². The number of carbonyl (C=O) groups is 1. The van der Waals surface area contributed by atoms with E-state index in [9.17, 15) is 18.0 Å². The quantitative estimate of drug-likeness (QED) is 0.514. The highest BCUT2D eigenvalue weighted by atomic mass is 32.1. The van der Waals surface area contributed by atoms with Crippen molar-refractivity contribution < 1.29 is 27.4 Å². The van der Waals surface area contributed by atoms with E-state index in [1.807, 2.05) is 0 Å². The molecule has 9 heteroatoms. The Morgan fingerprint density at radius 1 is 1.06 bits per heavy atom. The van der Waals surface area contributed by atoms with Crippen LogP contribution in [0.1, 0.15) is 19.4 Å². The first kappa shape index (κ1) is 24.0. The molecule has 0 spiro atoms. The number of hydrogen-bond donors (Lipinski definition) is 1. The molecule has 1 N–H and O–H groups in total. The van der Waals surface area contributed by atoms with Gasteiger partial charge in [0.15, 0.2) is 11.2 Å². The minimum atomic E-state index is -4.40. The SMILES string of the molecule is C#CC(C)N(C)C(=S)NC(=O)C(C)Oc1ccc(Oc2ccc(C(F)(F)F)cc2)cc1. The molecule has 0 saturated heterocycles. The van der Waals surface area contributed by atoms with Crippen molar-refractivity contribution in [2.24, 2.45) is 0 Å². The van der Waals surface area contributed by atoms with Gasteiger partial charge in [-0.25, -0.2) is 0 Å². The Kier molecular flexibility index (Phi) is 7.89. The zero-order valence-electron chi connectivity index (χ0n) is 17.1. The maximum atomic E-state index is 12.6. The molecule has 2 unspecified atom stereocenters. The van der Waals surface area contributed by atoms with Gasteiger partial charge in [0.1, 0.15) is 17.2 Å². The molecule has 0 bridgehead atoms. The highest BCUT2D eigenvalue weighted by Gasteiger charge is 2.30. The van der Waals surface area contributed by atoms with Crippen LogP contribution in [0.4, 0.5) is 13.2 Å². The zero-order valence-corrected chi connectivity index (χ0v) is 17.9. The Hall–Kier alpha value is -3.25. The number of carbonyl (C=O) groups excluding carboxylic acids is 1. The number of terminal acetylenes is 1. The molecule has 0 saturated carbocycles. The molecular formula is C22H21F3N2O3S. The summed E-state index contributed by atoms with van der Waals surface area (Å²) in [5.41, 5.74) is -0.754. The summed E-state index contributed by atoms with van der Waals surface area (Å²) in [5, 5.41) is 2.75. The van der Waals surface area contributed by atoms with Crippen molar-refractivity contribution in [1.82, 2.24) is 10.2 Å². The molecular weight excluding hydrogens is 429 g/mol. The standard InChI is InChI=1S/C22H21F3N2O3S/c1-5-14(2)27(4)21(31)26-20(28)15(3)29-17-10-12-19(13-11-17)30-18-8-6-16(7-9-18)22(23,24)25/h1,6-15H,2-4H3,(H,26,28,31). The molecule has 0 aliphatic carbocycles. The van der Waals surface area contributed by atoms with E-state index in [4.69, 9.17) is 28.1 Å². The van der Waals surface area contributed by atoms with Gasteiger partial charge in [-0.3, -0.25) is 10.1 Å². The van der Waals surface area contributed by atoms with Gasteiger partial charge in [0, 0.05) is 7.05 Å². The average molecular weight is 450 g/mol. The van der Waals surface area contributed by atoms with E-state index in [0.29, 0.717) is 11.5 Å². The van der Waals surface area contributed by atoms with E-state index in [1.165, 1.54) is 12.1 Å². The van der Waals surface area contributed by atoms with Crippen LogP contribution in [-0.4, -0.2) is 35.1 Å². The van der Waals surface area contributed by atoms with Gasteiger partial charge in [0.25, 0.3) is 5.91 Å². The van der Waals surface area contributed by atoms with E-state index < -0.39 is 23.8 Å². The van der Waals surface area contributed by atoms with Crippen molar-refractivity contribution in [2.45, 2.75) is 32.2 Å². The molecule has 0 radical (unpaired) electrons. The molecule has 1 amide bonds. The van der Waals surface area contributed by atoms with E-state index in [-0.39, 0.29) is 16.9 Å². The summed E-state index contributed by atoms with van der Waals surface area (Å²) >= 11 is 5.15. The van der Waals surface area contributed by atoms with Crippen molar-refractivity contribution in [2.75, 3.05) is 7.05 Å². The third-order valence-electron chi connectivity index (χ3n) is 4.30. The maximum absolute atomic E-state index is 12.6. The minimum absolute atomic E-state index is 0.186. The van der Waals surface area contributed by atoms with Crippen LogP contribution in [0, 0.1) is 12.3 Å². The summed E-state index contributed by atoms with van der Waals surface area (Å²) < 4.78 is 49.0. The zero-order chi connectivity index (χ0) is 23.2. The lowest BCUT2D eigenvalue weighted by atomic mass is 10.2. The lowest BCUT2D eigenvalue weighted by molar-refractivity contribution is -0.137. The highest BCUT2D eigenvalue weighted by Crippen LogP contribution is 2.31. The third-order valence-corrected chi connectivity index (χ3v) is 4.69. The van der Waals surface area contributed by atoms with Crippen molar-refractivity contribution in [3.8, 4) is 29.6 Å². The van der Waals surface area contributed by atoms with E-state index in [2.05, 4.69) is 11.2 Å². The van der Waals surface area contributed by atoms with Crippen molar-refractivity contribution in [3.05, 3.63) is 54.1 Å². The molecule has 31 heavy (non-hydrogen) atoms. The summed E-state index contributed by atoms with van der Waals surface area (Å²) in [5.74, 6) is 3.13. The first-order chi connectivity index (χ1) is 14.5. The summed E-state index contributed by atoms with van der Waals surface area (Å²) in [4.78, 5) is 13.8. The largest absolute Gasteiger partial charge is 0.481 e. The minimum Gasteiger partial charge on any atom is -0.481 e. The number of thiocarbonyl (C=S) groups is 1. The molecule has 0 aromatic heterocycles. The van der Waals surface area contributed by atoms with Gasteiger partial charge in [-0.2, -0.15) is 13.2 Å². The van der Waals surface area contributed by atoms with Crippen LogP contribution in [0.5, 0.6) is 17.2 Å². The van der Waals surface area contributed by atoms with Gasteiger partial charge < -0.3 is 14.4 Å². The molecule has 2 atom stereocenters. The number of ether oxygens (including phenoxy) is 2. The third kappa shape index (κ3) is 6.89. The second-order valence-electron chi connectivity index (χ2n) is 6.60. The van der Waals surface area contributed by atoms with Gasteiger partial charge >= 0.3 is 6.18 Å². The Bertz CT molecular complexity index is 954. The summed E-state index contributed by atoms with van der Waals surface area (Å²) in [6, 6.07) is 10.4. The average Bonchev–Trinajstić information content (AvgIpc) is 2.73. The number of hydrogen-bond acceptors (Lipinski definition) is 4. The molecule has 0 heterocycles. The van der Waals surface area contributed by atoms with Gasteiger partial charge in [-0.15, -0.1) is 6.42 Å². The second-order valence-corrected chi connectivity index (χ2v) is 6.99. The number of rotatable bonds is 6. The van der Waals surface area contributed by atoms with Gasteiger partial charge in [0.05, 0.1) is 11.6 Å². The van der Waals surface area contributed by atoms with Gasteiger partial charge in [-0.1, -0.05) is 5.92 Å². The summed E-state index contributed by atoms with van der Waals surface area (Å²) in [6.45, 7) is 3.34. The molecule has 2 rings (SSSR count). The van der Waals surface area contributed by atoms with E-state index >= 15 is 0 Å². The van der Waals surface area contributed by atoms with Crippen molar-refractivity contribution in [3.63, 3.8) is 0 Å². The van der Waals surface area contributed by atoms with E-state index in [1.54, 1.807) is 50.1 Å². The Balaban J connectivity index is 1.92. The first-order valence-electron chi connectivity index (χ1n) is 9.17. The molecule has 164 valence electrons. The van der Waals surface area contributed by atoms with Crippen LogP contribution in [0.25, 0.3) is 0 Å². The lowest BCUT2D eigenvalue weighted by Crippen LogP contribution is -2.47. The maximum Gasteiger partial charge on any atom is 0.416 e. The second kappa shape index (κ2) is 10.2. The predicted molar refractivity (Wildman–Crippen MR) is 115 cm³/mol. The van der Waals surface area contributed by atoms with Gasteiger partial charge in [-0.05, 0) is 74.6 Å². The summed E-state index contributed by atoms with van der Waals surface area (Å²) in [6.07, 6.45) is 0.102. The van der Waals surface area contributed by atoms with Crippen LogP contribution >= 0.6 is 12.2 Å². The van der Waals surface area contributed by atoms with Crippen LogP contribution in [0.15, 0.2) is 48.5 Å². The Morgan fingerprint density at radius 3 is 2.03 bits per heavy atom. The van der Waals surface area contributed by atoms with Crippen LogP contribution in [0.2, 0.25) is 0 Å². The Morgan fingerprint density at radius 2 is 1.55 bits per heavy atom. The molecule has 0 aliphatic rings. The monoisotopic (exact) mass is 450 g/mol. The number of nitrogens with one attached hydrogen (secondary N) is 1. The highest BCUT2D eigenvalue weighted by molar-refractivity contribution is 7.80. The summed E-state index contributed by atoms with van der Waals surface area (Å²) in [7, 11) is 1.67. The van der Waals surface area contributed by atoms with E-state index in [0.717, 1.165) is 12.1 Å². The molecule has 2 aromatic carbocycles. The molecule has 2 aromatic rings. The molecule has 0 aliphatic heterocycles. The normalized spacial score (nSPS) is 12.8. The van der Waals surface area contributed by atoms with Crippen LogP contribution < -0.4 is 14.8 Å². The predicted octanol–water partition coefficient (Wildman–Crippen LogP) is 4.62. The first-order valence-corrected chi connectivity index (χ1v) is 9.57. The lowest BCUT2D eigenvalue weighted by Gasteiger charge is -2.24. The fourth-order valence-corrected chi connectivity index (χ4v) is 2.53.